The van der Waals surface area contributed by atoms with Crippen LogP contribution >= 0.6 is 0 Å². The highest BCUT2D eigenvalue weighted by molar-refractivity contribution is 5.99. The number of nitrogens with one attached hydrogen (secondary N) is 1. The van der Waals surface area contributed by atoms with Crippen molar-refractivity contribution in [2.24, 2.45) is 5.92 Å². The fraction of sp³-hybridized carbons (Fsp3) is 0.385. The maximum Gasteiger partial charge on any atom is 0.288 e. The van der Waals surface area contributed by atoms with E-state index in [2.05, 4.69) is 19.2 Å². The number of hydrogen-bond donors (Lipinski definition) is 1. The lowest BCUT2D eigenvalue weighted by atomic mass is 9.98. The number of aryl methyl sites for hydroxylation is 1. The van der Waals surface area contributed by atoms with Crippen LogP contribution in [-0.2, 0) is 6.42 Å². The van der Waals surface area contributed by atoms with Crippen molar-refractivity contribution in [1.82, 2.24) is 5.32 Å². The number of fused-ring (bicyclic) bond motifs is 2. The van der Waals surface area contributed by atoms with Gasteiger partial charge in [-0.1, -0.05) is 32.9 Å². The number of carbonyl (C=O) groups is 1. The lowest BCUT2D eigenvalue weighted by Gasteiger charge is -2.17. The van der Waals surface area contributed by atoms with Crippen molar-refractivity contribution in [2.75, 3.05) is 13.2 Å². The fourth-order valence-electron chi connectivity index (χ4n) is 3.92. The molecule has 6 heteroatoms. The first-order chi connectivity index (χ1) is 15.4. The summed E-state index contributed by atoms with van der Waals surface area (Å²) < 4.78 is 17.6. The molecule has 2 heterocycles. The van der Waals surface area contributed by atoms with Gasteiger partial charge in [-0.15, -0.1) is 0 Å². The first-order valence-corrected chi connectivity index (χ1v) is 11.2. The minimum atomic E-state index is -0.604. The van der Waals surface area contributed by atoms with Crippen molar-refractivity contribution in [3.63, 3.8) is 0 Å². The summed E-state index contributed by atoms with van der Waals surface area (Å²) >= 11 is 0. The first kappa shape index (κ1) is 21.9. The van der Waals surface area contributed by atoms with Crippen LogP contribution in [0.25, 0.3) is 11.0 Å². The number of carbonyl (C=O) groups excluding carboxylic acids is 1. The molecule has 4 rings (SSSR count). The molecule has 0 saturated heterocycles. The Kier molecular flexibility index (Phi) is 6.21. The molecule has 6 nitrogen and oxygen atoms in total. The summed E-state index contributed by atoms with van der Waals surface area (Å²) in [7, 11) is 0. The molecule has 0 spiro atoms. The van der Waals surface area contributed by atoms with Crippen LogP contribution in [0.4, 0.5) is 0 Å². The topological polar surface area (TPSA) is 77.8 Å². The van der Waals surface area contributed by atoms with Gasteiger partial charge in [0.2, 0.25) is 5.76 Å². The van der Waals surface area contributed by atoms with Crippen LogP contribution in [-0.4, -0.2) is 19.1 Å². The van der Waals surface area contributed by atoms with E-state index in [0.717, 1.165) is 24.0 Å². The minimum Gasteiger partial charge on any atom is -0.490 e. The summed E-state index contributed by atoms with van der Waals surface area (Å²) in [5.74, 6) is 1.47. The average Bonchev–Trinajstić information content (AvgIpc) is 3.11. The molecule has 1 aliphatic rings. The molecule has 3 aromatic rings. The SMILES string of the molecule is CCOc1cc(C2NC(=O)c3oc4ccc(CC)cc4c(=O)c32)ccc1OCCC(C)C. The van der Waals surface area contributed by atoms with E-state index in [-0.39, 0.29) is 11.2 Å². The van der Waals surface area contributed by atoms with Gasteiger partial charge in [-0.3, -0.25) is 9.59 Å². The van der Waals surface area contributed by atoms with Gasteiger partial charge in [0.1, 0.15) is 5.58 Å². The normalized spacial score (nSPS) is 15.2. The molecular formula is C26H29NO5. The second-order valence-electron chi connectivity index (χ2n) is 8.43. The number of hydrogen-bond acceptors (Lipinski definition) is 5. The summed E-state index contributed by atoms with van der Waals surface area (Å²) in [5, 5.41) is 3.39. The zero-order valence-electron chi connectivity index (χ0n) is 19.0. The van der Waals surface area contributed by atoms with Crippen molar-refractivity contribution in [2.45, 2.75) is 46.6 Å². The van der Waals surface area contributed by atoms with E-state index < -0.39 is 11.9 Å². The lowest BCUT2D eigenvalue weighted by molar-refractivity contribution is 0.0938. The Morgan fingerprint density at radius 3 is 2.56 bits per heavy atom. The minimum absolute atomic E-state index is 0.0759. The van der Waals surface area contributed by atoms with E-state index in [1.807, 2.05) is 44.2 Å². The molecule has 1 aromatic heterocycles. The predicted molar refractivity (Wildman–Crippen MR) is 124 cm³/mol. The van der Waals surface area contributed by atoms with Gasteiger partial charge in [0, 0.05) is 0 Å². The quantitative estimate of drug-likeness (QED) is 0.538. The molecule has 0 aliphatic carbocycles. The first-order valence-electron chi connectivity index (χ1n) is 11.2. The standard InChI is InChI=1S/C26H29NO5/c1-5-16-7-9-19-18(13-16)24(28)22-23(27-26(29)25(22)32-19)17-8-10-20(21(14-17)30-6-2)31-12-11-15(3)4/h7-10,13-15,23H,5-6,11-12H2,1-4H3,(H,27,29). The Hall–Kier alpha value is -3.28. The monoisotopic (exact) mass is 435 g/mol. The van der Waals surface area contributed by atoms with E-state index in [1.165, 1.54) is 0 Å². The van der Waals surface area contributed by atoms with E-state index >= 15 is 0 Å². The Morgan fingerprint density at radius 1 is 1.03 bits per heavy atom. The van der Waals surface area contributed by atoms with Gasteiger partial charge in [0.15, 0.2) is 16.9 Å². The van der Waals surface area contributed by atoms with Crippen molar-refractivity contribution >= 4 is 16.9 Å². The van der Waals surface area contributed by atoms with E-state index in [4.69, 9.17) is 13.9 Å². The summed E-state index contributed by atoms with van der Waals surface area (Å²) in [4.78, 5) is 26.0. The molecule has 0 saturated carbocycles. The number of rotatable bonds is 8. The van der Waals surface area contributed by atoms with Gasteiger partial charge in [-0.05, 0) is 61.1 Å². The summed E-state index contributed by atoms with van der Waals surface area (Å²) in [5.41, 5.74) is 2.36. The van der Waals surface area contributed by atoms with Gasteiger partial charge in [0.05, 0.1) is 30.2 Å². The molecule has 2 aromatic carbocycles. The van der Waals surface area contributed by atoms with Gasteiger partial charge < -0.3 is 19.2 Å². The smallest absolute Gasteiger partial charge is 0.288 e. The fourth-order valence-corrected chi connectivity index (χ4v) is 3.92. The largest absolute Gasteiger partial charge is 0.490 e. The molecule has 1 amide bonds. The molecule has 1 atom stereocenters. The van der Waals surface area contributed by atoms with E-state index in [1.54, 1.807) is 6.07 Å². The van der Waals surface area contributed by atoms with Crippen LogP contribution in [0.3, 0.4) is 0 Å². The third kappa shape index (κ3) is 4.09. The molecule has 1 N–H and O–H groups in total. The van der Waals surface area contributed by atoms with Crippen LogP contribution in [0.2, 0.25) is 0 Å². The Labute approximate surface area is 187 Å². The molecule has 32 heavy (non-hydrogen) atoms. The summed E-state index contributed by atoms with van der Waals surface area (Å²) in [6.45, 7) is 9.30. The van der Waals surface area contributed by atoms with Gasteiger partial charge in [-0.25, -0.2) is 0 Å². The number of ether oxygens (including phenoxy) is 2. The van der Waals surface area contributed by atoms with Crippen LogP contribution in [0.15, 0.2) is 45.6 Å². The predicted octanol–water partition coefficient (Wildman–Crippen LogP) is 5.01. The lowest BCUT2D eigenvalue weighted by Crippen LogP contribution is -2.22. The molecule has 1 unspecified atom stereocenters. The van der Waals surface area contributed by atoms with E-state index in [9.17, 15) is 9.59 Å². The van der Waals surface area contributed by atoms with E-state index in [0.29, 0.717) is 47.2 Å². The van der Waals surface area contributed by atoms with Crippen molar-refractivity contribution < 1.29 is 18.7 Å². The highest BCUT2D eigenvalue weighted by Gasteiger charge is 2.36. The maximum absolute atomic E-state index is 13.4. The average molecular weight is 436 g/mol. The third-order valence-corrected chi connectivity index (χ3v) is 5.72. The third-order valence-electron chi connectivity index (χ3n) is 5.72. The highest BCUT2D eigenvalue weighted by Crippen LogP contribution is 2.36. The molecule has 0 bridgehead atoms. The van der Waals surface area contributed by atoms with Gasteiger partial charge in [0.25, 0.3) is 5.91 Å². The maximum atomic E-state index is 13.4. The van der Waals surface area contributed by atoms with Crippen LogP contribution < -0.4 is 20.2 Å². The summed E-state index contributed by atoms with van der Waals surface area (Å²) in [6, 6.07) is 10.4. The second kappa shape index (κ2) is 9.07. The molecule has 168 valence electrons. The van der Waals surface area contributed by atoms with Gasteiger partial charge in [-0.2, -0.15) is 0 Å². The molecular weight excluding hydrogens is 406 g/mol. The molecule has 0 fully saturated rings. The number of benzene rings is 2. The second-order valence-corrected chi connectivity index (χ2v) is 8.43. The Morgan fingerprint density at radius 2 is 1.84 bits per heavy atom. The zero-order valence-corrected chi connectivity index (χ0v) is 19.0. The highest BCUT2D eigenvalue weighted by atomic mass is 16.5. The zero-order chi connectivity index (χ0) is 22.8. The van der Waals surface area contributed by atoms with Crippen molar-refractivity contribution in [1.29, 1.82) is 0 Å². The Bertz CT molecular complexity index is 1210. The van der Waals surface area contributed by atoms with Gasteiger partial charge >= 0.3 is 0 Å². The number of amides is 1. The van der Waals surface area contributed by atoms with Crippen LogP contribution in [0.5, 0.6) is 11.5 Å². The van der Waals surface area contributed by atoms with Crippen LogP contribution in [0.1, 0.15) is 67.4 Å². The van der Waals surface area contributed by atoms with Crippen molar-refractivity contribution in [3.8, 4) is 11.5 Å². The Balaban J connectivity index is 1.75. The molecule has 1 aliphatic heterocycles. The van der Waals surface area contributed by atoms with Crippen LogP contribution in [0, 0.1) is 5.92 Å². The van der Waals surface area contributed by atoms with Crippen molar-refractivity contribution in [3.05, 3.63) is 69.1 Å². The summed E-state index contributed by atoms with van der Waals surface area (Å²) in [6.07, 6.45) is 1.75. The molecule has 0 radical (unpaired) electrons.